The Morgan fingerprint density at radius 1 is 0.645 bits per heavy atom. The van der Waals surface area contributed by atoms with Gasteiger partial charge in [-0.3, -0.25) is 0 Å². The molecule has 0 saturated heterocycles. The first kappa shape index (κ1) is 23.0. The van der Waals surface area contributed by atoms with E-state index in [0.717, 1.165) is 38.7 Å². The van der Waals surface area contributed by atoms with Gasteiger partial charge in [-0.2, -0.15) is 0 Å². The van der Waals surface area contributed by atoms with E-state index in [1.807, 2.05) is 36.4 Å². The zero-order valence-corrected chi connectivity index (χ0v) is 18.2. The van der Waals surface area contributed by atoms with Crippen molar-refractivity contribution in [2.24, 2.45) is 0 Å². The molecule has 158 valence electrons. The Bertz CT molecular complexity index is 1080. The Morgan fingerprint density at radius 2 is 1.10 bits per heavy atom. The summed E-state index contributed by atoms with van der Waals surface area (Å²) in [6, 6.07) is 30.9. The van der Waals surface area contributed by atoms with Gasteiger partial charge < -0.3 is 0 Å². The summed E-state index contributed by atoms with van der Waals surface area (Å²) in [5.41, 5.74) is 5.51. The number of rotatable bonds is 3. The molecule has 3 aromatic carbocycles. The van der Waals surface area contributed by atoms with Gasteiger partial charge in [0.15, 0.2) is 0 Å². The molecular formula is C24H19ClO5S. The lowest BCUT2D eigenvalue weighted by Crippen LogP contribution is -2.68. The highest BCUT2D eigenvalue weighted by Crippen LogP contribution is 2.35. The fourth-order valence-corrected chi connectivity index (χ4v) is 3.44. The maximum absolute atomic E-state index is 8.49. The van der Waals surface area contributed by atoms with E-state index in [4.69, 9.17) is 35.7 Å². The fourth-order valence-electron chi connectivity index (χ4n) is 3.03. The van der Waals surface area contributed by atoms with Gasteiger partial charge in [-0.05, 0) is 48.4 Å². The number of hydrogen-bond donors (Lipinski definition) is 1. The molecule has 0 N–H and O–H groups in total. The van der Waals surface area contributed by atoms with Crippen molar-refractivity contribution in [3.63, 3.8) is 0 Å². The second-order valence-electron chi connectivity index (χ2n) is 6.71. The summed E-state index contributed by atoms with van der Waals surface area (Å²) in [5.74, 6) is 1.69. The van der Waals surface area contributed by atoms with Crippen molar-refractivity contribution >= 4 is 12.6 Å². The summed E-state index contributed by atoms with van der Waals surface area (Å²) in [6.07, 6.45) is 0. The molecule has 0 amide bonds. The SMILES string of the molecule is Cc1ccc(-c2cc(-c3ccccc3)[o+]c(-c3ccccc3)c2)c(S)c1.[O-][Cl+3]([O-])([O-])[O-]. The van der Waals surface area contributed by atoms with Crippen LogP contribution in [0.1, 0.15) is 5.56 Å². The molecular weight excluding hydrogens is 436 g/mol. The van der Waals surface area contributed by atoms with Gasteiger partial charge in [0.2, 0.25) is 0 Å². The molecule has 0 aliphatic heterocycles. The third-order valence-electron chi connectivity index (χ3n) is 4.37. The molecule has 0 aliphatic rings. The second-order valence-corrected chi connectivity index (χ2v) is 7.94. The van der Waals surface area contributed by atoms with Crippen molar-refractivity contribution in [3.8, 4) is 33.8 Å². The number of aryl methyl sites for hydroxylation is 1. The monoisotopic (exact) mass is 454 g/mol. The Morgan fingerprint density at radius 3 is 1.52 bits per heavy atom. The minimum Gasteiger partial charge on any atom is -0.222 e. The number of benzene rings is 3. The van der Waals surface area contributed by atoms with Gasteiger partial charge in [-0.1, -0.05) is 48.5 Å². The van der Waals surface area contributed by atoms with Crippen LogP contribution in [0.15, 0.2) is 100 Å². The number of halogens is 1. The highest BCUT2D eigenvalue weighted by atomic mass is 35.7. The van der Waals surface area contributed by atoms with E-state index < -0.39 is 10.2 Å². The second kappa shape index (κ2) is 10.1. The molecule has 0 atom stereocenters. The van der Waals surface area contributed by atoms with Crippen LogP contribution in [0.4, 0.5) is 0 Å². The van der Waals surface area contributed by atoms with Crippen LogP contribution in [0.25, 0.3) is 33.8 Å². The highest BCUT2D eigenvalue weighted by Gasteiger charge is 2.21. The Balaban J connectivity index is 0.000000491. The minimum absolute atomic E-state index is 0.843. The lowest BCUT2D eigenvalue weighted by atomic mass is 10.0. The van der Waals surface area contributed by atoms with Gasteiger partial charge in [0.05, 0.1) is 23.3 Å². The lowest BCUT2D eigenvalue weighted by Gasteiger charge is -2.17. The van der Waals surface area contributed by atoms with E-state index in [0.29, 0.717) is 0 Å². The molecule has 5 nitrogen and oxygen atoms in total. The first-order chi connectivity index (χ1) is 14.7. The smallest absolute Gasteiger partial charge is 0.222 e. The molecule has 7 heteroatoms. The maximum Gasteiger partial charge on any atom is 0.361 e. The van der Waals surface area contributed by atoms with E-state index >= 15 is 0 Å². The van der Waals surface area contributed by atoms with E-state index in [9.17, 15) is 0 Å². The quantitative estimate of drug-likeness (QED) is 0.378. The molecule has 1 aromatic heterocycles. The normalized spacial score (nSPS) is 10.9. The predicted octanol–water partition coefficient (Wildman–Crippen LogP) is 2.40. The molecule has 1 heterocycles. The molecule has 0 aliphatic carbocycles. The van der Waals surface area contributed by atoms with Gasteiger partial charge in [0.25, 0.3) is 0 Å². The van der Waals surface area contributed by atoms with E-state index in [-0.39, 0.29) is 0 Å². The molecule has 31 heavy (non-hydrogen) atoms. The zero-order valence-electron chi connectivity index (χ0n) is 16.5. The van der Waals surface area contributed by atoms with Crippen molar-refractivity contribution in [3.05, 3.63) is 96.6 Å². The van der Waals surface area contributed by atoms with E-state index in [2.05, 4.69) is 61.5 Å². The van der Waals surface area contributed by atoms with Gasteiger partial charge in [0.1, 0.15) is 0 Å². The number of thiol groups is 1. The average Bonchev–Trinajstić information content (AvgIpc) is 2.73. The maximum atomic E-state index is 8.49. The minimum atomic E-state index is -4.94. The van der Waals surface area contributed by atoms with Gasteiger partial charge >= 0.3 is 11.5 Å². The fraction of sp³-hybridized carbons (Fsp3) is 0.0417. The standard InChI is InChI=1S/C24H18OS.ClHO4/c1-17-12-13-21(24(26)14-17)20-15-22(18-8-4-2-5-9-18)25-23(16-20)19-10-6-3-7-11-19;2-1(3,4)5/h2-16H,1H3;(H,2,3,4,5). The molecule has 4 aromatic rings. The summed E-state index contributed by atoms with van der Waals surface area (Å²) in [7, 11) is -4.94. The van der Waals surface area contributed by atoms with Crippen LogP contribution < -0.4 is 18.6 Å². The van der Waals surface area contributed by atoms with Crippen LogP contribution in [-0.4, -0.2) is 0 Å². The van der Waals surface area contributed by atoms with Gasteiger partial charge in [-0.25, -0.2) is 23.1 Å². The van der Waals surface area contributed by atoms with Crippen LogP contribution in [-0.2, 0) is 0 Å². The van der Waals surface area contributed by atoms with Crippen molar-refractivity contribution in [1.29, 1.82) is 0 Å². The molecule has 0 bridgehead atoms. The van der Waals surface area contributed by atoms with Crippen LogP contribution in [0.2, 0.25) is 0 Å². The Hall–Kier alpha value is -2.71. The predicted molar refractivity (Wildman–Crippen MR) is 111 cm³/mol. The topological polar surface area (TPSA) is 104 Å². The van der Waals surface area contributed by atoms with Crippen molar-refractivity contribution in [1.82, 2.24) is 0 Å². The highest BCUT2D eigenvalue weighted by molar-refractivity contribution is 7.80. The number of hydrogen-bond acceptors (Lipinski definition) is 5. The molecule has 0 spiro atoms. The third kappa shape index (κ3) is 6.90. The molecule has 0 unspecified atom stereocenters. The first-order valence-corrected chi connectivity index (χ1v) is 10.9. The van der Waals surface area contributed by atoms with Crippen LogP contribution in [0, 0.1) is 17.2 Å². The zero-order chi connectivity index (χ0) is 22.4. The van der Waals surface area contributed by atoms with Crippen LogP contribution in [0.3, 0.4) is 0 Å². The van der Waals surface area contributed by atoms with Crippen LogP contribution in [0.5, 0.6) is 0 Å². The Kier molecular flexibility index (Phi) is 7.46. The summed E-state index contributed by atoms with van der Waals surface area (Å²) in [6.45, 7) is 2.08. The summed E-state index contributed by atoms with van der Waals surface area (Å²) < 4.78 is 40.2. The van der Waals surface area contributed by atoms with Gasteiger partial charge in [0, 0.05) is 10.5 Å². The summed E-state index contributed by atoms with van der Waals surface area (Å²) in [5, 5.41) is 0. The molecule has 4 rings (SSSR count). The largest absolute Gasteiger partial charge is 0.361 e. The molecule has 0 saturated carbocycles. The van der Waals surface area contributed by atoms with Crippen molar-refractivity contribution < 1.29 is 33.3 Å². The van der Waals surface area contributed by atoms with Crippen molar-refractivity contribution in [2.75, 3.05) is 0 Å². The first-order valence-electron chi connectivity index (χ1n) is 9.21. The molecule has 0 radical (unpaired) electrons. The molecule has 0 fully saturated rings. The summed E-state index contributed by atoms with van der Waals surface area (Å²) >= 11 is 4.69. The van der Waals surface area contributed by atoms with Crippen LogP contribution >= 0.6 is 12.6 Å². The Labute approximate surface area is 188 Å². The third-order valence-corrected chi connectivity index (χ3v) is 4.74. The van der Waals surface area contributed by atoms with E-state index in [1.165, 1.54) is 5.56 Å². The van der Waals surface area contributed by atoms with E-state index in [1.54, 1.807) is 0 Å². The lowest BCUT2D eigenvalue weighted by molar-refractivity contribution is -2.00. The summed E-state index contributed by atoms with van der Waals surface area (Å²) in [4.78, 5) is 0.967. The van der Waals surface area contributed by atoms with Crippen molar-refractivity contribution in [2.45, 2.75) is 11.8 Å². The van der Waals surface area contributed by atoms with Gasteiger partial charge in [-0.15, -0.1) is 22.9 Å². The average molecular weight is 455 g/mol.